The maximum Gasteiger partial charge on any atom is 0.296 e. The number of rotatable bonds is 5. The maximum atomic E-state index is 13.7. The van der Waals surface area contributed by atoms with Gasteiger partial charge in [-0.2, -0.15) is 0 Å². The number of aryl methyl sites for hydroxylation is 1. The van der Waals surface area contributed by atoms with Crippen LogP contribution in [0.4, 0.5) is 9.52 Å². The highest BCUT2D eigenvalue weighted by atomic mass is 32.1. The van der Waals surface area contributed by atoms with E-state index in [1.807, 2.05) is 0 Å². The fraction of sp³-hybridized carbons (Fsp3) is 0.125. The van der Waals surface area contributed by atoms with Crippen LogP contribution < -0.4 is 9.64 Å². The minimum Gasteiger partial charge on any atom is -0.504 e. The van der Waals surface area contributed by atoms with Gasteiger partial charge in [0.25, 0.3) is 5.91 Å². The van der Waals surface area contributed by atoms with Gasteiger partial charge < -0.3 is 19.4 Å². The van der Waals surface area contributed by atoms with Crippen molar-refractivity contribution in [3.63, 3.8) is 0 Å². The molecular formula is C24H17FN2O6S. The number of aromatic nitrogens is 1. The number of halogens is 1. The third-order valence-electron chi connectivity index (χ3n) is 5.48. The van der Waals surface area contributed by atoms with E-state index >= 15 is 0 Å². The quantitative estimate of drug-likeness (QED) is 0.393. The monoisotopic (exact) mass is 480 g/mol. The number of hydrogen-bond acceptors (Lipinski definition) is 8. The zero-order valence-electron chi connectivity index (χ0n) is 17.9. The molecule has 0 saturated heterocycles. The molecule has 2 N–H and O–H groups in total. The number of methoxy groups -OCH3 is 1. The fourth-order valence-corrected chi connectivity index (χ4v) is 4.91. The molecule has 0 bridgehead atoms. The van der Waals surface area contributed by atoms with Gasteiger partial charge in [-0.1, -0.05) is 17.4 Å². The summed E-state index contributed by atoms with van der Waals surface area (Å²) in [6, 6.07) is 10.3. The number of benzene rings is 2. The zero-order valence-corrected chi connectivity index (χ0v) is 18.7. The summed E-state index contributed by atoms with van der Waals surface area (Å²) in [5.74, 6) is -2.31. The molecule has 2 aromatic carbocycles. The lowest BCUT2D eigenvalue weighted by atomic mass is 9.95. The van der Waals surface area contributed by atoms with Crippen molar-refractivity contribution in [2.24, 2.45) is 0 Å². The minimum atomic E-state index is -1.11. The van der Waals surface area contributed by atoms with Crippen molar-refractivity contribution in [3.05, 3.63) is 82.8 Å². The highest BCUT2D eigenvalue weighted by Gasteiger charge is 2.46. The maximum absolute atomic E-state index is 13.7. The third-order valence-corrected chi connectivity index (χ3v) is 6.50. The second-order valence-electron chi connectivity index (χ2n) is 7.62. The molecule has 0 radical (unpaired) electrons. The number of anilines is 1. The first-order valence-electron chi connectivity index (χ1n) is 10.1. The van der Waals surface area contributed by atoms with Crippen molar-refractivity contribution >= 4 is 38.4 Å². The van der Waals surface area contributed by atoms with Crippen LogP contribution in [0.2, 0.25) is 0 Å². The first-order valence-corrected chi connectivity index (χ1v) is 10.9. The molecule has 10 heteroatoms. The van der Waals surface area contributed by atoms with Crippen LogP contribution in [0.3, 0.4) is 0 Å². The Morgan fingerprint density at radius 3 is 2.68 bits per heavy atom. The Bertz CT molecular complexity index is 1500. The highest BCUT2D eigenvalue weighted by molar-refractivity contribution is 7.22. The van der Waals surface area contributed by atoms with Crippen molar-refractivity contribution in [1.29, 1.82) is 0 Å². The van der Waals surface area contributed by atoms with E-state index in [-0.39, 0.29) is 28.0 Å². The number of ketones is 1. The Hall–Kier alpha value is -4.18. The van der Waals surface area contributed by atoms with Gasteiger partial charge in [0.05, 0.1) is 28.9 Å². The van der Waals surface area contributed by atoms with Crippen LogP contribution in [0.25, 0.3) is 10.2 Å². The van der Waals surface area contributed by atoms with Crippen molar-refractivity contribution in [2.75, 3.05) is 12.0 Å². The summed E-state index contributed by atoms with van der Waals surface area (Å²) in [5, 5.41) is 21.0. The second kappa shape index (κ2) is 7.99. The van der Waals surface area contributed by atoms with Crippen LogP contribution in [0.15, 0.2) is 64.3 Å². The summed E-state index contributed by atoms with van der Waals surface area (Å²) in [5.41, 5.74) is 0.624. The predicted molar refractivity (Wildman–Crippen MR) is 122 cm³/mol. The lowest BCUT2D eigenvalue weighted by Gasteiger charge is -2.24. The Balaban J connectivity index is 1.70. The van der Waals surface area contributed by atoms with Gasteiger partial charge >= 0.3 is 0 Å². The molecule has 1 amide bonds. The van der Waals surface area contributed by atoms with Gasteiger partial charge in [0.1, 0.15) is 11.6 Å². The number of furan rings is 1. The summed E-state index contributed by atoms with van der Waals surface area (Å²) in [7, 11) is 1.36. The van der Waals surface area contributed by atoms with Crippen molar-refractivity contribution in [2.45, 2.75) is 13.0 Å². The number of Topliss-reactive ketones (excluding diaryl/α,β-unsaturated/α-hetero) is 1. The van der Waals surface area contributed by atoms with E-state index in [1.54, 1.807) is 13.0 Å². The van der Waals surface area contributed by atoms with E-state index in [9.17, 15) is 24.2 Å². The number of aliphatic hydroxyl groups is 1. The molecule has 4 aromatic rings. The molecule has 0 saturated carbocycles. The third kappa shape index (κ3) is 3.39. The van der Waals surface area contributed by atoms with Gasteiger partial charge in [0, 0.05) is 0 Å². The average molecular weight is 480 g/mol. The van der Waals surface area contributed by atoms with E-state index in [0.29, 0.717) is 21.5 Å². The summed E-state index contributed by atoms with van der Waals surface area (Å²) < 4.78 is 24.9. The molecule has 5 rings (SSSR count). The number of amides is 1. The van der Waals surface area contributed by atoms with E-state index in [0.717, 1.165) is 11.3 Å². The van der Waals surface area contributed by atoms with Crippen LogP contribution >= 0.6 is 11.3 Å². The van der Waals surface area contributed by atoms with Gasteiger partial charge in [-0.3, -0.25) is 14.5 Å². The number of carbonyl (C=O) groups excluding carboxylic acids is 2. The number of carbonyl (C=O) groups is 2. The number of phenolic OH excluding ortho intramolecular Hbond substituents is 1. The van der Waals surface area contributed by atoms with E-state index in [4.69, 9.17) is 9.15 Å². The summed E-state index contributed by atoms with van der Waals surface area (Å²) >= 11 is 1.04. The average Bonchev–Trinajstić information content (AvgIpc) is 3.50. The lowest BCUT2D eigenvalue weighted by Crippen LogP contribution is -2.31. The molecule has 2 aromatic heterocycles. The number of ether oxygens (including phenoxy) is 1. The standard InChI is InChI=1S/C24H17FN2O6S/c1-11-3-8-16(33-11)21(29)19-20(12-4-7-15(28)17(9-12)32-2)27(23(31)22(19)30)24-26-14-6-5-13(25)10-18(14)34-24/h3-10,20,28,30H,1-2H3. The van der Waals surface area contributed by atoms with Crippen LogP contribution in [-0.2, 0) is 4.79 Å². The number of thiazole rings is 1. The highest BCUT2D eigenvalue weighted by Crippen LogP contribution is 2.45. The molecule has 0 fully saturated rings. The Morgan fingerprint density at radius 2 is 1.97 bits per heavy atom. The minimum absolute atomic E-state index is 0.0455. The van der Waals surface area contributed by atoms with Crippen LogP contribution in [0.1, 0.15) is 27.9 Å². The van der Waals surface area contributed by atoms with Crippen LogP contribution in [0.5, 0.6) is 11.5 Å². The van der Waals surface area contributed by atoms with E-state index in [1.165, 1.54) is 54.5 Å². The van der Waals surface area contributed by atoms with E-state index < -0.39 is 29.3 Å². The number of phenols is 1. The lowest BCUT2D eigenvalue weighted by molar-refractivity contribution is -0.117. The predicted octanol–water partition coefficient (Wildman–Crippen LogP) is 4.83. The van der Waals surface area contributed by atoms with Crippen molar-refractivity contribution in [3.8, 4) is 11.5 Å². The van der Waals surface area contributed by atoms with Crippen molar-refractivity contribution in [1.82, 2.24) is 4.98 Å². The molecular weight excluding hydrogens is 463 g/mol. The van der Waals surface area contributed by atoms with Gasteiger partial charge in [-0.05, 0) is 55.0 Å². The molecule has 34 heavy (non-hydrogen) atoms. The summed E-state index contributed by atoms with van der Waals surface area (Å²) in [4.78, 5) is 32.2. The Kier molecular flexibility index (Phi) is 5.09. The zero-order chi connectivity index (χ0) is 24.1. The van der Waals surface area contributed by atoms with Crippen LogP contribution in [-0.4, -0.2) is 34.0 Å². The molecule has 1 unspecified atom stereocenters. The topological polar surface area (TPSA) is 113 Å². The molecule has 8 nitrogen and oxygen atoms in total. The summed E-state index contributed by atoms with van der Waals surface area (Å²) in [6.45, 7) is 1.67. The molecule has 1 aliphatic heterocycles. The Labute approximate surface area is 196 Å². The molecule has 172 valence electrons. The molecule has 3 heterocycles. The number of aromatic hydroxyl groups is 1. The second-order valence-corrected chi connectivity index (χ2v) is 8.63. The molecule has 1 atom stereocenters. The van der Waals surface area contributed by atoms with Gasteiger partial charge in [-0.25, -0.2) is 9.37 Å². The van der Waals surface area contributed by atoms with Gasteiger partial charge in [0.15, 0.2) is 28.1 Å². The number of aliphatic hydroxyl groups excluding tert-OH is 1. The Morgan fingerprint density at radius 1 is 1.18 bits per heavy atom. The number of nitrogens with zero attached hydrogens (tertiary/aromatic N) is 2. The number of fused-ring (bicyclic) bond motifs is 1. The molecule has 0 aliphatic carbocycles. The SMILES string of the molecule is COc1cc(C2C(C(=O)c3ccc(C)o3)=C(O)C(=O)N2c2nc3ccc(F)cc3s2)ccc1O. The van der Waals surface area contributed by atoms with Gasteiger partial charge in [0.2, 0.25) is 5.78 Å². The number of hydrogen-bond donors (Lipinski definition) is 2. The molecule has 1 aliphatic rings. The smallest absolute Gasteiger partial charge is 0.296 e. The van der Waals surface area contributed by atoms with E-state index in [2.05, 4.69) is 4.98 Å². The largest absolute Gasteiger partial charge is 0.504 e. The molecule has 0 spiro atoms. The fourth-order valence-electron chi connectivity index (χ4n) is 3.89. The summed E-state index contributed by atoms with van der Waals surface area (Å²) in [6.07, 6.45) is 0. The van der Waals surface area contributed by atoms with Gasteiger partial charge in [-0.15, -0.1) is 0 Å². The first kappa shape index (κ1) is 21.7. The normalized spacial score (nSPS) is 16.0. The first-order chi connectivity index (χ1) is 16.3. The van der Waals surface area contributed by atoms with Crippen molar-refractivity contribution < 1.29 is 33.3 Å². The van der Waals surface area contributed by atoms with Crippen LogP contribution in [0, 0.1) is 12.7 Å².